The molecule has 3 aromatic carbocycles. The normalized spacial score (nSPS) is 11.1. The zero-order chi connectivity index (χ0) is 22.4. The molecule has 1 amide bonds. The Balaban J connectivity index is 1.64. The van der Waals surface area contributed by atoms with Crippen LogP contribution >= 0.6 is 11.6 Å². The molecule has 0 bridgehead atoms. The van der Waals surface area contributed by atoms with E-state index in [-0.39, 0.29) is 19.1 Å². The second kappa shape index (κ2) is 9.85. The number of benzene rings is 3. The van der Waals surface area contributed by atoms with Gasteiger partial charge in [0, 0.05) is 10.7 Å². The average molecular weight is 459 g/mol. The van der Waals surface area contributed by atoms with Crippen molar-refractivity contribution in [2.75, 3.05) is 22.5 Å². The highest BCUT2D eigenvalue weighted by molar-refractivity contribution is 7.92. The van der Waals surface area contributed by atoms with E-state index in [0.29, 0.717) is 22.1 Å². The maximum atomic E-state index is 12.3. The average Bonchev–Trinajstić information content (AvgIpc) is 2.74. The molecule has 0 aliphatic carbocycles. The van der Waals surface area contributed by atoms with Crippen LogP contribution in [-0.2, 0) is 21.4 Å². The Bertz CT molecular complexity index is 1150. The number of nitrogens with one attached hydrogen (secondary N) is 1. The molecular formula is C23H23ClN2O4S. The molecule has 0 saturated heterocycles. The minimum Gasteiger partial charge on any atom is -0.484 e. The molecule has 0 saturated carbocycles. The van der Waals surface area contributed by atoms with E-state index in [1.165, 1.54) is 10.6 Å². The first kappa shape index (κ1) is 22.7. The first-order chi connectivity index (χ1) is 14.7. The molecule has 3 aromatic rings. The predicted molar refractivity (Wildman–Crippen MR) is 124 cm³/mol. The molecule has 3 rings (SSSR count). The third-order valence-electron chi connectivity index (χ3n) is 4.61. The second-order valence-electron chi connectivity index (χ2n) is 7.00. The van der Waals surface area contributed by atoms with Gasteiger partial charge in [0.2, 0.25) is 10.0 Å². The summed E-state index contributed by atoms with van der Waals surface area (Å²) in [7, 11) is -3.48. The van der Waals surface area contributed by atoms with Gasteiger partial charge in [0.15, 0.2) is 6.61 Å². The Hall–Kier alpha value is -3.03. The molecule has 8 heteroatoms. The number of sulfonamides is 1. The summed E-state index contributed by atoms with van der Waals surface area (Å²) < 4.78 is 31.4. The van der Waals surface area contributed by atoms with Gasteiger partial charge in [-0.2, -0.15) is 0 Å². The van der Waals surface area contributed by atoms with E-state index in [1.807, 2.05) is 37.3 Å². The summed E-state index contributed by atoms with van der Waals surface area (Å²) in [5, 5.41) is 3.33. The summed E-state index contributed by atoms with van der Waals surface area (Å²) in [6, 6.07) is 21.2. The monoisotopic (exact) mass is 458 g/mol. The van der Waals surface area contributed by atoms with Gasteiger partial charge in [-0.1, -0.05) is 48.0 Å². The number of hydrogen-bond donors (Lipinski definition) is 1. The number of anilines is 2. The molecule has 0 radical (unpaired) electrons. The Kier molecular flexibility index (Phi) is 7.20. The SMILES string of the molecule is Cc1c(Cl)cccc1NC(=O)COc1ccc(N(Cc2ccccc2)S(C)(=O)=O)cc1. The van der Waals surface area contributed by atoms with Crippen molar-refractivity contribution < 1.29 is 17.9 Å². The Morgan fingerprint density at radius 1 is 1.00 bits per heavy atom. The number of carbonyl (C=O) groups excluding carboxylic acids is 1. The van der Waals surface area contributed by atoms with Gasteiger partial charge < -0.3 is 10.1 Å². The van der Waals surface area contributed by atoms with Crippen molar-refractivity contribution >= 4 is 38.9 Å². The first-order valence-corrected chi connectivity index (χ1v) is 11.8. The molecule has 31 heavy (non-hydrogen) atoms. The lowest BCUT2D eigenvalue weighted by Gasteiger charge is -2.22. The summed E-state index contributed by atoms with van der Waals surface area (Å²) in [6.07, 6.45) is 1.17. The van der Waals surface area contributed by atoms with Crippen LogP contribution in [0.3, 0.4) is 0 Å². The fraction of sp³-hybridized carbons (Fsp3) is 0.174. The molecular weight excluding hydrogens is 436 g/mol. The fourth-order valence-electron chi connectivity index (χ4n) is 2.94. The molecule has 6 nitrogen and oxygen atoms in total. The van der Waals surface area contributed by atoms with Crippen molar-refractivity contribution in [1.82, 2.24) is 0 Å². The van der Waals surface area contributed by atoms with Crippen molar-refractivity contribution in [3.05, 3.63) is 88.9 Å². The van der Waals surface area contributed by atoms with Crippen molar-refractivity contribution in [1.29, 1.82) is 0 Å². The number of ether oxygens (including phenoxy) is 1. The number of nitrogens with zero attached hydrogens (tertiary/aromatic N) is 1. The molecule has 0 heterocycles. The van der Waals surface area contributed by atoms with Crippen LogP contribution in [0.25, 0.3) is 0 Å². The molecule has 0 spiro atoms. The van der Waals surface area contributed by atoms with Crippen LogP contribution in [0, 0.1) is 6.92 Å². The van der Waals surface area contributed by atoms with Gasteiger partial charge >= 0.3 is 0 Å². The number of halogens is 1. The van der Waals surface area contributed by atoms with Gasteiger partial charge in [-0.3, -0.25) is 9.10 Å². The topological polar surface area (TPSA) is 75.7 Å². The third kappa shape index (κ3) is 6.23. The quantitative estimate of drug-likeness (QED) is 0.534. The van der Waals surface area contributed by atoms with Crippen molar-refractivity contribution in [2.45, 2.75) is 13.5 Å². The summed E-state index contributed by atoms with van der Waals surface area (Å²) >= 11 is 6.06. The highest BCUT2D eigenvalue weighted by Crippen LogP contribution is 2.25. The molecule has 1 N–H and O–H groups in total. The van der Waals surface area contributed by atoms with Crippen LogP contribution < -0.4 is 14.4 Å². The Labute approximate surface area is 187 Å². The molecule has 0 aliphatic rings. The summed E-state index contributed by atoms with van der Waals surface area (Å²) in [5.74, 6) is 0.131. The lowest BCUT2D eigenvalue weighted by atomic mass is 10.2. The highest BCUT2D eigenvalue weighted by atomic mass is 35.5. The van der Waals surface area contributed by atoms with Gasteiger partial charge in [0.05, 0.1) is 18.5 Å². The number of hydrogen-bond acceptors (Lipinski definition) is 4. The summed E-state index contributed by atoms with van der Waals surface area (Å²) in [5.41, 5.74) is 2.79. The summed E-state index contributed by atoms with van der Waals surface area (Å²) in [4.78, 5) is 12.2. The predicted octanol–water partition coefficient (Wildman–Crippen LogP) is 4.63. The molecule has 0 unspecified atom stereocenters. The van der Waals surface area contributed by atoms with Crippen LogP contribution in [0.5, 0.6) is 5.75 Å². The standard InChI is InChI=1S/C23H23ClN2O4S/c1-17-21(24)9-6-10-22(17)25-23(27)16-30-20-13-11-19(12-14-20)26(31(2,28)29)15-18-7-4-3-5-8-18/h3-14H,15-16H2,1-2H3,(H,25,27). The van der Waals surface area contributed by atoms with E-state index in [1.54, 1.807) is 42.5 Å². The molecule has 0 aliphatic heterocycles. The Morgan fingerprint density at radius 3 is 2.32 bits per heavy atom. The van der Waals surface area contributed by atoms with E-state index >= 15 is 0 Å². The first-order valence-electron chi connectivity index (χ1n) is 9.53. The fourth-order valence-corrected chi connectivity index (χ4v) is 4.00. The van der Waals surface area contributed by atoms with Gasteiger partial charge in [0.1, 0.15) is 5.75 Å². The van der Waals surface area contributed by atoms with E-state index < -0.39 is 10.0 Å². The van der Waals surface area contributed by atoms with Crippen molar-refractivity contribution in [3.63, 3.8) is 0 Å². The highest BCUT2D eigenvalue weighted by Gasteiger charge is 2.18. The maximum absolute atomic E-state index is 12.3. The van der Waals surface area contributed by atoms with E-state index in [0.717, 1.165) is 11.1 Å². The van der Waals surface area contributed by atoms with Gasteiger partial charge in [0.25, 0.3) is 5.91 Å². The lowest BCUT2D eigenvalue weighted by molar-refractivity contribution is -0.118. The van der Waals surface area contributed by atoms with Gasteiger partial charge in [-0.15, -0.1) is 0 Å². The zero-order valence-electron chi connectivity index (χ0n) is 17.2. The largest absolute Gasteiger partial charge is 0.484 e. The maximum Gasteiger partial charge on any atom is 0.262 e. The van der Waals surface area contributed by atoms with Crippen LogP contribution in [0.15, 0.2) is 72.8 Å². The molecule has 0 aromatic heterocycles. The van der Waals surface area contributed by atoms with Crippen molar-refractivity contribution in [2.24, 2.45) is 0 Å². The second-order valence-corrected chi connectivity index (χ2v) is 9.31. The van der Waals surface area contributed by atoms with Gasteiger partial charge in [-0.25, -0.2) is 8.42 Å². The number of carbonyl (C=O) groups is 1. The molecule has 0 atom stereocenters. The minimum absolute atomic E-state index is 0.189. The van der Waals surface area contributed by atoms with Crippen LogP contribution in [-0.4, -0.2) is 27.2 Å². The Morgan fingerprint density at radius 2 is 1.68 bits per heavy atom. The summed E-state index contributed by atoms with van der Waals surface area (Å²) in [6.45, 7) is 1.85. The van der Waals surface area contributed by atoms with E-state index in [2.05, 4.69) is 5.32 Å². The lowest BCUT2D eigenvalue weighted by Crippen LogP contribution is -2.29. The van der Waals surface area contributed by atoms with Crippen LogP contribution in [0.2, 0.25) is 5.02 Å². The van der Waals surface area contributed by atoms with E-state index in [9.17, 15) is 13.2 Å². The van der Waals surface area contributed by atoms with Gasteiger partial charge in [-0.05, 0) is 54.4 Å². The number of amides is 1. The van der Waals surface area contributed by atoms with Crippen LogP contribution in [0.1, 0.15) is 11.1 Å². The minimum atomic E-state index is -3.48. The van der Waals surface area contributed by atoms with Crippen LogP contribution in [0.4, 0.5) is 11.4 Å². The van der Waals surface area contributed by atoms with Crippen molar-refractivity contribution in [3.8, 4) is 5.75 Å². The number of rotatable bonds is 8. The zero-order valence-corrected chi connectivity index (χ0v) is 18.8. The molecule has 162 valence electrons. The van der Waals surface area contributed by atoms with E-state index in [4.69, 9.17) is 16.3 Å². The molecule has 0 fully saturated rings. The third-order valence-corrected chi connectivity index (χ3v) is 6.16. The smallest absolute Gasteiger partial charge is 0.262 e.